The van der Waals surface area contributed by atoms with Crippen LogP contribution in [0.15, 0.2) is 11.4 Å². The third-order valence-electron chi connectivity index (χ3n) is 3.94. The van der Waals surface area contributed by atoms with Crippen molar-refractivity contribution < 1.29 is 21.6 Å². The van der Waals surface area contributed by atoms with Gasteiger partial charge in [0.05, 0.1) is 5.25 Å². The fraction of sp³-hybridized carbons (Fsp3) is 0.714. The average Bonchev–Trinajstić information content (AvgIpc) is 2.94. The summed E-state index contributed by atoms with van der Waals surface area (Å²) in [4.78, 5) is -0.591. The van der Waals surface area contributed by atoms with E-state index in [0.29, 0.717) is 49.4 Å². The van der Waals surface area contributed by atoms with Gasteiger partial charge in [0.25, 0.3) is 0 Å². The highest BCUT2D eigenvalue weighted by Crippen LogP contribution is 2.34. The van der Waals surface area contributed by atoms with Crippen LogP contribution in [0, 0.1) is 0 Å². The first-order valence-corrected chi connectivity index (χ1v) is 9.86. The number of hydrogen-bond donors (Lipinski definition) is 1. The number of piperidine rings is 1. The van der Waals surface area contributed by atoms with E-state index < -0.39 is 26.3 Å². The first-order valence-electron chi connectivity index (χ1n) is 7.47. The van der Waals surface area contributed by atoms with E-state index in [1.807, 2.05) is 0 Å². The zero-order valence-electron chi connectivity index (χ0n) is 13.1. The standard InChI is InChI=1S/C14H21F3N2O2S2/c1-10(2)23(20,21)19-5-3-12(4-6-19)18-8-11-7-13(22-9-11)14(15,16)17/h7,9-10,12,18H,3-6,8H2,1-2H3. The molecule has 1 aliphatic heterocycles. The first kappa shape index (κ1) is 18.7. The van der Waals surface area contributed by atoms with Gasteiger partial charge in [-0.3, -0.25) is 0 Å². The molecule has 0 aromatic carbocycles. The lowest BCUT2D eigenvalue weighted by atomic mass is 10.1. The second kappa shape index (κ2) is 7.08. The minimum absolute atomic E-state index is 0.128. The monoisotopic (exact) mass is 370 g/mol. The maximum atomic E-state index is 12.5. The molecule has 132 valence electrons. The summed E-state index contributed by atoms with van der Waals surface area (Å²) in [5.41, 5.74) is 0.611. The van der Waals surface area contributed by atoms with Crippen molar-refractivity contribution in [2.75, 3.05) is 13.1 Å². The fourth-order valence-electron chi connectivity index (χ4n) is 2.49. The highest BCUT2D eigenvalue weighted by molar-refractivity contribution is 7.89. The van der Waals surface area contributed by atoms with Gasteiger partial charge in [-0.1, -0.05) is 0 Å². The Morgan fingerprint density at radius 2 is 1.96 bits per heavy atom. The van der Waals surface area contributed by atoms with Crippen molar-refractivity contribution in [3.8, 4) is 0 Å². The van der Waals surface area contributed by atoms with Crippen molar-refractivity contribution in [1.82, 2.24) is 9.62 Å². The molecule has 4 nitrogen and oxygen atoms in total. The van der Waals surface area contributed by atoms with E-state index in [9.17, 15) is 21.6 Å². The van der Waals surface area contributed by atoms with Gasteiger partial charge in [0, 0.05) is 25.7 Å². The zero-order chi connectivity index (χ0) is 17.3. The summed E-state index contributed by atoms with van der Waals surface area (Å²) in [5, 5.41) is 4.30. The normalized spacial score (nSPS) is 18.7. The van der Waals surface area contributed by atoms with Crippen LogP contribution < -0.4 is 5.32 Å². The number of rotatable bonds is 5. The fourth-order valence-corrected chi connectivity index (χ4v) is 4.59. The number of nitrogens with zero attached hydrogens (tertiary/aromatic N) is 1. The van der Waals surface area contributed by atoms with Gasteiger partial charge >= 0.3 is 6.18 Å². The smallest absolute Gasteiger partial charge is 0.310 e. The third kappa shape index (κ3) is 4.68. The first-order chi connectivity index (χ1) is 10.6. The van der Waals surface area contributed by atoms with Crippen LogP contribution in [-0.4, -0.2) is 37.1 Å². The summed E-state index contributed by atoms with van der Waals surface area (Å²) in [6.45, 7) is 4.60. The van der Waals surface area contributed by atoms with Crippen LogP contribution >= 0.6 is 11.3 Å². The van der Waals surface area contributed by atoms with E-state index in [0.717, 1.165) is 6.07 Å². The number of hydrogen-bond acceptors (Lipinski definition) is 4. The van der Waals surface area contributed by atoms with Gasteiger partial charge in [0.2, 0.25) is 10.0 Å². The predicted octanol–water partition coefficient (Wildman–Crippen LogP) is 3.06. The van der Waals surface area contributed by atoms with Crippen LogP contribution in [-0.2, 0) is 22.7 Å². The molecule has 1 aromatic rings. The van der Waals surface area contributed by atoms with Gasteiger partial charge in [0.1, 0.15) is 4.88 Å². The number of thiophene rings is 1. The molecule has 0 unspecified atom stereocenters. The topological polar surface area (TPSA) is 49.4 Å². The molecule has 2 heterocycles. The molecule has 1 saturated heterocycles. The summed E-state index contributed by atoms with van der Waals surface area (Å²) >= 11 is 0.698. The molecule has 1 aliphatic rings. The number of nitrogens with one attached hydrogen (secondary N) is 1. The zero-order valence-corrected chi connectivity index (χ0v) is 14.7. The molecular formula is C14H21F3N2O2S2. The largest absolute Gasteiger partial charge is 0.425 e. The van der Waals surface area contributed by atoms with Gasteiger partial charge in [-0.2, -0.15) is 13.2 Å². The van der Waals surface area contributed by atoms with Crippen molar-refractivity contribution in [3.05, 3.63) is 21.9 Å². The van der Waals surface area contributed by atoms with E-state index in [1.165, 1.54) is 9.69 Å². The Labute approximate surface area is 138 Å². The number of halogens is 3. The summed E-state index contributed by atoms with van der Waals surface area (Å²) in [6.07, 6.45) is -2.95. The van der Waals surface area contributed by atoms with Crippen LogP contribution in [0.2, 0.25) is 0 Å². The van der Waals surface area contributed by atoms with Gasteiger partial charge in [-0.15, -0.1) is 11.3 Å². The predicted molar refractivity (Wildman–Crippen MR) is 84.8 cm³/mol. The van der Waals surface area contributed by atoms with E-state index in [2.05, 4.69) is 5.32 Å². The Hall–Kier alpha value is -0.640. The van der Waals surface area contributed by atoms with Gasteiger partial charge in [-0.25, -0.2) is 12.7 Å². The maximum absolute atomic E-state index is 12.5. The summed E-state index contributed by atoms with van der Waals surface area (Å²) < 4.78 is 63.3. The summed E-state index contributed by atoms with van der Waals surface area (Å²) in [5.74, 6) is 0. The lowest BCUT2D eigenvalue weighted by Crippen LogP contribution is -2.46. The molecule has 23 heavy (non-hydrogen) atoms. The van der Waals surface area contributed by atoms with Crippen LogP contribution in [0.1, 0.15) is 37.1 Å². The van der Waals surface area contributed by atoms with Crippen LogP contribution in [0.5, 0.6) is 0 Å². The van der Waals surface area contributed by atoms with Crippen LogP contribution in [0.25, 0.3) is 0 Å². The lowest BCUT2D eigenvalue weighted by molar-refractivity contribution is -0.134. The van der Waals surface area contributed by atoms with E-state index >= 15 is 0 Å². The van der Waals surface area contributed by atoms with Crippen molar-refractivity contribution >= 4 is 21.4 Å². The molecule has 0 atom stereocenters. The molecule has 9 heteroatoms. The Morgan fingerprint density at radius 1 is 1.35 bits per heavy atom. The molecule has 0 bridgehead atoms. The van der Waals surface area contributed by atoms with Crippen LogP contribution in [0.3, 0.4) is 0 Å². The maximum Gasteiger partial charge on any atom is 0.425 e. The highest BCUT2D eigenvalue weighted by atomic mass is 32.2. The SMILES string of the molecule is CC(C)S(=O)(=O)N1CCC(NCc2csc(C(F)(F)F)c2)CC1. The molecular weight excluding hydrogens is 349 g/mol. The minimum Gasteiger partial charge on any atom is -0.310 e. The minimum atomic E-state index is -4.29. The number of alkyl halides is 3. The van der Waals surface area contributed by atoms with Crippen molar-refractivity contribution in [2.24, 2.45) is 0 Å². The van der Waals surface area contributed by atoms with Crippen molar-refractivity contribution in [1.29, 1.82) is 0 Å². The molecule has 2 rings (SSSR count). The van der Waals surface area contributed by atoms with Crippen molar-refractivity contribution in [2.45, 2.75) is 50.7 Å². The van der Waals surface area contributed by atoms with E-state index in [-0.39, 0.29) is 6.04 Å². The Morgan fingerprint density at radius 3 is 2.43 bits per heavy atom. The Bertz CT molecular complexity index is 618. The molecule has 1 aromatic heterocycles. The second-order valence-corrected chi connectivity index (χ2v) is 9.37. The quantitative estimate of drug-likeness (QED) is 0.867. The molecule has 0 radical (unpaired) electrons. The molecule has 0 aliphatic carbocycles. The summed E-state index contributed by atoms with van der Waals surface area (Å²) in [7, 11) is -3.22. The van der Waals surface area contributed by atoms with E-state index in [1.54, 1.807) is 13.8 Å². The average molecular weight is 370 g/mol. The molecule has 1 N–H and O–H groups in total. The molecule has 0 spiro atoms. The third-order valence-corrected chi connectivity index (χ3v) is 7.24. The molecule has 0 saturated carbocycles. The van der Waals surface area contributed by atoms with Gasteiger partial charge < -0.3 is 5.32 Å². The van der Waals surface area contributed by atoms with Gasteiger partial charge in [0.15, 0.2) is 0 Å². The Kier molecular flexibility index (Phi) is 5.76. The van der Waals surface area contributed by atoms with Crippen molar-refractivity contribution in [3.63, 3.8) is 0 Å². The molecule has 1 fully saturated rings. The number of sulfonamides is 1. The van der Waals surface area contributed by atoms with E-state index in [4.69, 9.17) is 0 Å². The second-order valence-electron chi connectivity index (χ2n) is 5.96. The summed E-state index contributed by atoms with van der Waals surface area (Å²) in [6, 6.07) is 1.29. The van der Waals surface area contributed by atoms with Crippen LogP contribution in [0.4, 0.5) is 13.2 Å². The Balaban J connectivity index is 1.82. The lowest BCUT2D eigenvalue weighted by Gasteiger charge is -2.32. The highest BCUT2D eigenvalue weighted by Gasteiger charge is 2.33. The molecule has 0 amide bonds. The van der Waals surface area contributed by atoms with Gasteiger partial charge in [-0.05, 0) is 43.7 Å².